The van der Waals surface area contributed by atoms with E-state index < -0.39 is 19.4 Å². The van der Waals surface area contributed by atoms with E-state index in [1.54, 1.807) is 0 Å². The summed E-state index contributed by atoms with van der Waals surface area (Å²) in [6.45, 7) is 11.4. The molecule has 0 radical (unpaired) electrons. The molecular formula is C25H31Cl2Zr. The average Bonchev–Trinajstić information content (AvgIpc) is 2.99. The molecule has 3 heteroatoms. The van der Waals surface area contributed by atoms with Gasteiger partial charge in [-0.3, -0.25) is 0 Å². The van der Waals surface area contributed by atoms with Crippen LogP contribution >= 0.6 is 17.0 Å². The molecule has 0 saturated carbocycles. The van der Waals surface area contributed by atoms with Crippen LogP contribution in [0.5, 0.6) is 0 Å². The fraction of sp³-hybridized carbons (Fsp3) is 0.440. The molecule has 2 aromatic carbocycles. The molecule has 0 N–H and O–H groups in total. The summed E-state index contributed by atoms with van der Waals surface area (Å²) >= 11 is -2.49. The first-order chi connectivity index (χ1) is 13.3. The first-order valence-corrected chi connectivity index (χ1v) is 18.2. The molecule has 0 saturated heterocycles. The third-order valence-electron chi connectivity index (χ3n) is 5.61. The predicted molar refractivity (Wildman–Crippen MR) is 122 cm³/mol. The Morgan fingerprint density at radius 3 is 2.32 bits per heavy atom. The van der Waals surface area contributed by atoms with Crippen molar-refractivity contribution in [3.05, 3.63) is 64.2 Å². The minimum atomic E-state index is -2.49. The molecule has 0 heterocycles. The van der Waals surface area contributed by atoms with Crippen molar-refractivity contribution in [2.45, 2.75) is 63.4 Å². The third kappa shape index (κ3) is 4.53. The normalized spacial score (nSPS) is 15.9. The van der Waals surface area contributed by atoms with Gasteiger partial charge in [-0.15, -0.1) is 0 Å². The van der Waals surface area contributed by atoms with E-state index in [2.05, 4.69) is 77.1 Å². The molecule has 0 aromatic heterocycles. The summed E-state index contributed by atoms with van der Waals surface area (Å²) in [5.41, 5.74) is 9.90. The Hall–Kier alpha value is -0.357. The van der Waals surface area contributed by atoms with Gasteiger partial charge >= 0.3 is 187 Å². The zero-order chi connectivity index (χ0) is 20.4. The van der Waals surface area contributed by atoms with Crippen molar-refractivity contribution < 1.29 is 19.4 Å². The summed E-state index contributed by atoms with van der Waals surface area (Å²) < 4.78 is 0.295. The minimum absolute atomic E-state index is 0.295. The van der Waals surface area contributed by atoms with Gasteiger partial charge in [0.2, 0.25) is 0 Å². The average molecular weight is 494 g/mol. The molecular weight excluding hydrogens is 462 g/mol. The van der Waals surface area contributed by atoms with Crippen molar-refractivity contribution in [2.24, 2.45) is 5.92 Å². The molecule has 1 unspecified atom stereocenters. The van der Waals surface area contributed by atoms with E-state index in [-0.39, 0.29) is 0 Å². The van der Waals surface area contributed by atoms with Crippen molar-refractivity contribution >= 4 is 23.1 Å². The van der Waals surface area contributed by atoms with E-state index >= 15 is 0 Å². The van der Waals surface area contributed by atoms with Crippen LogP contribution in [0.3, 0.4) is 0 Å². The topological polar surface area (TPSA) is 0 Å². The maximum absolute atomic E-state index is 6.69. The van der Waals surface area contributed by atoms with E-state index in [0.717, 1.165) is 19.3 Å². The Kier molecular flexibility index (Phi) is 7.68. The fourth-order valence-electron chi connectivity index (χ4n) is 4.49. The molecule has 0 fully saturated rings. The molecule has 3 rings (SSSR count). The molecule has 0 bridgehead atoms. The molecule has 0 amide bonds. The molecule has 1 atom stereocenters. The van der Waals surface area contributed by atoms with Crippen molar-refractivity contribution in [2.75, 3.05) is 0 Å². The van der Waals surface area contributed by atoms with Gasteiger partial charge in [0.15, 0.2) is 0 Å². The summed E-state index contributed by atoms with van der Waals surface area (Å²) in [6, 6.07) is 13.6. The van der Waals surface area contributed by atoms with E-state index in [1.165, 1.54) is 39.0 Å². The van der Waals surface area contributed by atoms with E-state index in [0.29, 0.717) is 15.5 Å². The van der Waals surface area contributed by atoms with Crippen LogP contribution in [-0.2, 0) is 25.8 Å². The summed E-state index contributed by atoms with van der Waals surface area (Å²) in [5, 5.41) is 0. The van der Waals surface area contributed by atoms with Gasteiger partial charge in [0, 0.05) is 0 Å². The summed E-state index contributed by atoms with van der Waals surface area (Å²) in [7, 11) is 13.4. The van der Waals surface area contributed by atoms with Crippen LogP contribution in [0, 0.1) is 5.92 Å². The Bertz CT molecular complexity index is 865. The van der Waals surface area contributed by atoms with Gasteiger partial charge in [0.1, 0.15) is 0 Å². The van der Waals surface area contributed by atoms with Gasteiger partial charge in [-0.2, -0.15) is 0 Å². The first-order valence-electron chi connectivity index (χ1n) is 10.5. The van der Waals surface area contributed by atoms with Crippen LogP contribution < -0.4 is 0 Å². The Morgan fingerprint density at radius 2 is 1.71 bits per heavy atom. The van der Waals surface area contributed by atoms with Crippen molar-refractivity contribution in [3.8, 4) is 11.1 Å². The van der Waals surface area contributed by atoms with Crippen LogP contribution in [-0.4, -0.2) is 0 Å². The third-order valence-corrected chi connectivity index (χ3v) is 10.9. The number of rotatable bonds is 7. The van der Waals surface area contributed by atoms with E-state index in [9.17, 15) is 0 Å². The van der Waals surface area contributed by atoms with Crippen molar-refractivity contribution in [3.63, 3.8) is 0 Å². The number of hydrogen-bond donors (Lipinski definition) is 0. The Morgan fingerprint density at radius 1 is 1.00 bits per heavy atom. The maximum atomic E-state index is 6.69. The molecule has 0 spiro atoms. The summed E-state index contributed by atoms with van der Waals surface area (Å²) in [4.78, 5) is 0. The zero-order valence-electron chi connectivity index (χ0n) is 17.7. The van der Waals surface area contributed by atoms with Crippen LogP contribution in [0.2, 0.25) is 0 Å². The number of benzene rings is 2. The number of hydrogen-bond acceptors (Lipinski definition) is 0. The number of halogens is 2. The Balaban J connectivity index is 2.28. The number of fused-ring (bicyclic) bond motifs is 1. The van der Waals surface area contributed by atoms with Gasteiger partial charge in [-0.1, -0.05) is 0 Å². The molecule has 0 aliphatic heterocycles. The van der Waals surface area contributed by atoms with Crippen molar-refractivity contribution in [1.82, 2.24) is 0 Å². The molecule has 1 aliphatic carbocycles. The molecule has 2 aromatic rings. The number of aryl methyl sites for hydroxylation is 1. The second-order valence-corrected chi connectivity index (χ2v) is 17.4. The second-order valence-electron chi connectivity index (χ2n) is 8.63. The fourth-order valence-corrected chi connectivity index (χ4v) is 9.92. The Labute approximate surface area is 186 Å². The number of allylic oxidation sites excluding steroid dienone is 1. The summed E-state index contributed by atoms with van der Waals surface area (Å²) in [5.74, 6) is 1.10. The molecule has 1 aliphatic rings. The SMILES string of the molecule is CCCc1ccc2c(c1-c1ccccc1C(C)C)C=C(CC(C)C)[CH]2[Zr]([Cl])[Cl]. The van der Waals surface area contributed by atoms with Gasteiger partial charge in [-0.05, 0) is 0 Å². The predicted octanol–water partition coefficient (Wildman–Crippen LogP) is 8.84. The molecule has 0 nitrogen and oxygen atoms in total. The van der Waals surface area contributed by atoms with E-state index in [4.69, 9.17) is 17.0 Å². The first kappa shape index (κ1) is 22.3. The zero-order valence-corrected chi connectivity index (χ0v) is 21.6. The van der Waals surface area contributed by atoms with Gasteiger partial charge in [0.25, 0.3) is 0 Å². The van der Waals surface area contributed by atoms with Gasteiger partial charge in [-0.25, -0.2) is 0 Å². The monoisotopic (exact) mass is 491 g/mol. The molecule has 28 heavy (non-hydrogen) atoms. The van der Waals surface area contributed by atoms with Crippen LogP contribution in [0.4, 0.5) is 0 Å². The van der Waals surface area contributed by atoms with Crippen LogP contribution in [0.15, 0.2) is 42.0 Å². The van der Waals surface area contributed by atoms with Gasteiger partial charge in [0.05, 0.1) is 0 Å². The standard InChI is InChI=1S/C25H31.2ClH.Zr/c1-6-9-20-12-13-21-15-19(14-17(2)3)16-24(21)25(20)23-11-8-7-10-22(23)18(4)5;;;/h7-8,10-13,15-18H,6,9,14H2,1-5H3;2*1H;/q;;;+2/p-2. The van der Waals surface area contributed by atoms with Crippen LogP contribution in [0.25, 0.3) is 17.2 Å². The van der Waals surface area contributed by atoms with Crippen LogP contribution in [0.1, 0.15) is 79.3 Å². The van der Waals surface area contributed by atoms with Gasteiger partial charge < -0.3 is 0 Å². The second kappa shape index (κ2) is 9.63. The quantitative estimate of drug-likeness (QED) is 0.361. The van der Waals surface area contributed by atoms with Crippen molar-refractivity contribution in [1.29, 1.82) is 0 Å². The van der Waals surface area contributed by atoms with E-state index in [1.807, 2.05) is 0 Å². The summed E-state index contributed by atoms with van der Waals surface area (Å²) in [6.07, 6.45) is 5.77. The molecule has 149 valence electrons.